The van der Waals surface area contributed by atoms with Gasteiger partial charge in [0.15, 0.2) is 17.5 Å². The summed E-state index contributed by atoms with van der Waals surface area (Å²) < 4.78 is 0. The Morgan fingerprint density at radius 3 is 1.27 bits per heavy atom. The largest absolute Gasteiger partial charge is 0.208 e. The van der Waals surface area contributed by atoms with Crippen molar-refractivity contribution in [3.63, 3.8) is 0 Å². The number of aromatic nitrogens is 3. The number of fused-ring (bicyclic) bond motifs is 3. The van der Waals surface area contributed by atoms with Crippen molar-refractivity contribution in [1.29, 1.82) is 0 Å². The average molecular weight is 808 g/mol. The Morgan fingerprint density at radius 2 is 0.758 bits per heavy atom. The van der Waals surface area contributed by atoms with Gasteiger partial charge in [0.2, 0.25) is 0 Å². The second kappa shape index (κ2) is 15.2. The van der Waals surface area contributed by atoms with Gasteiger partial charge in [-0.25, -0.2) is 15.0 Å². The molecule has 0 saturated heterocycles. The van der Waals surface area contributed by atoms with Gasteiger partial charge >= 0.3 is 0 Å². The predicted molar refractivity (Wildman–Crippen MR) is 260 cm³/mol. The van der Waals surface area contributed by atoms with Gasteiger partial charge < -0.3 is 0 Å². The van der Waals surface area contributed by atoms with Gasteiger partial charge in [0.05, 0.1) is 5.41 Å². The van der Waals surface area contributed by atoms with Gasteiger partial charge in [-0.2, -0.15) is 0 Å². The minimum Gasteiger partial charge on any atom is -0.208 e. The van der Waals surface area contributed by atoms with Crippen LogP contribution in [0.3, 0.4) is 0 Å². The monoisotopic (exact) mass is 807 g/mol. The van der Waals surface area contributed by atoms with E-state index in [0.717, 1.165) is 27.8 Å². The SMILES string of the molecule is Cc1ccc(C2(c3ccc(-c4cccc(-c5nc(-c6cccc(C(C)(C)C)c6)nc(-c6cc(C(C)(C)C)cc(C(C)(C)C)c6)n5)c4)cc3)c3ccccc3-c3ccccc32)cc1. The molecule has 62 heavy (non-hydrogen) atoms. The molecule has 8 aromatic rings. The zero-order valence-corrected chi connectivity index (χ0v) is 37.9. The maximum absolute atomic E-state index is 5.29. The molecule has 7 aromatic carbocycles. The molecule has 0 aliphatic heterocycles. The first kappa shape index (κ1) is 40.9. The summed E-state index contributed by atoms with van der Waals surface area (Å²) >= 11 is 0. The molecule has 3 heteroatoms. The highest BCUT2D eigenvalue weighted by Gasteiger charge is 2.45. The van der Waals surface area contributed by atoms with Crippen molar-refractivity contribution in [2.45, 2.75) is 90.9 Å². The molecule has 0 saturated carbocycles. The van der Waals surface area contributed by atoms with Crippen LogP contribution >= 0.6 is 0 Å². The van der Waals surface area contributed by atoms with Crippen LogP contribution in [0.4, 0.5) is 0 Å². The molecule has 0 fully saturated rings. The first-order chi connectivity index (χ1) is 29.5. The van der Waals surface area contributed by atoms with Crippen LogP contribution in [-0.4, -0.2) is 15.0 Å². The Balaban J connectivity index is 1.18. The summed E-state index contributed by atoms with van der Waals surface area (Å²) in [7, 11) is 0. The predicted octanol–water partition coefficient (Wildman–Crippen LogP) is 15.1. The molecule has 308 valence electrons. The molecular formula is C59H57N3. The van der Waals surface area contributed by atoms with Gasteiger partial charge in [-0.15, -0.1) is 0 Å². The fourth-order valence-electron chi connectivity index (χ4n) is 9.09. The topological polar surface area (TPSA) is 38.7 Å². The van der Waals surface area contributed by atoms with Gasteiger partial charge in [0.25, 0.3) is 0 Å². The van der Waals surface area contributed by atoms with Crippen LogP contribution < -0.4 is 0 Å². The Morgan fingerprint density at radius 1 is 0.339 bits per heavy atom. The van der Waals surface area contributed by atoms with Crippen LogP contribution in [0, 0.1) is 6.92 Å². The summed E-state index contributed by atoms with van der Waals surface area (Å²) in [5.41, 5.74) is 17.3. The first-order valence-corrected chi connectivity index (χ1v) is 22.0. The molecule has 9 rings (SSSR count). The van der Waals surface area contributed by atoms with Gasteiger partial charge in [0, 0.05) is 16.7 Å². The lowest BCUT2D eigenvalue weighted by Crippen LogP contribution is -2.28. The average Bonchev–Trinajstić information content (AvgIpc) is 3.56. The van der Waals surface area contributed by atoms with Crippen molar-refractivity contribution in [2.24, 2.45) is 0 Å². The standard InChI is InChI=1S/C59H57N3/c1-38-25-29-44(30-26-38)59(51-23-13-11-21-49(51)50-22-12-14-24-52(50)59)45-31-27-39(28-32-45)40-17-15-18-41(33-40)53-60-54(42-19-16-20-46(34-42)56(2,3)4)62-55(61-53)43-35-47(57(5,6)7)37-48(36-43)58(8,9)10/h11-37H,1-10H3. The maximum atomic E-state index is 5.29. The van der Waals surface area contributed by atoms with Gasteiger partial charge in [-0.1, -0.05) is 207 Å². The Labute approximate surface area is 369 Å². The fraction of sp³-hybridized carbons (Fsp3) is 0.237. The zero-order valence-electron chi connectivity index (χ0n) is 37.9. The molecule has 0 N–H and O–H groups in total. The van der Waals surface area contributed by atoms with Crippen LogP contribution in [0.5, 0.6) is 0 Å². The second-order valence-corrected chi connectivity index (χ2v) is 20.3. The lowest BCUT2D eigenvalue weighted by atomic mass is 9.67. The molecule has 1 aliphatic rings. The van der Waals surface area contributed by atoms with Crippen LogP contribution in [0.2, 0.25) is 0 Å². The number of hydrogen-bond acceptors (Lipinski definition) is 3. The van der Waals surface area contributed by atoms with E-state index in [1.54, 1.807) is 0 Å². The minimum absolute atomic E-state index is 0.0223. The number of aryl methyl sites for hydroxylation is 1. The van der Waals surface area contributed by atoms with Crippen molar-refractivity contribution in [3.05, 3.63) is 208 Å². The van der Waals surface area contributed by atoms with Gasteiger partial charge in [-0.3, -0.25) is 0 Å². The number of rotatable bonds is 6. The molecule has 1 aliphatic carbocycles. The van der Waals surface area contributed by atoms with Gasteiger partial charge in [-0.05, 0) is 109 Å². The molecule has 0 atom stereocenters. The van der Waals surface area contributed by atoms with E-state index in [0.29, 0.717) is 17.5 Å². The lowest BCUT2D eigenvalue weighted by molar-refractivity contribution is 0.569. The zero-order chi connectivity index (χ0) is 43.6. The summed E-state index contributed by atoms with van der Waals surface area (Å²) in [5.74, 6) is 2.00. The maximum Gasteiger partial charge on any atom is 0.164 e. The Kier molecular flexibility index (Phi) is 10.0. The summed E-state index contributed by atoms with van der Waals surface area (Å²) in [6.45, 7) is 22.5. The normalized spacial score (nSPS) is 13.5. The highest BCUT2D eigenvalue weighted by atomic mass is 15.0. The number of nitrogens with zero attached hydrogens (tertiary/aromatic N) is 3. The molecular weight excluding hydrogens is 751 g/mol. The molecule has 0 amide bonds. The van der Waals surface area contributed by atoms with Gasteiger partial charge in [0.1, 0.15) is 0 Å². The van der Waals surface area contributed by atoms with Crippen molar-refractivity contribution in [2.75, 3.05) is 0 Å². The van der Waals surface area contributed by atoms with E-state index in [1.807, 2.05) is 0 Å². The van der Waals surface area contributed by atoms with Crippen molar-refractivity contribution in [3.8, 4) is 56.4 Å². The molecule has 1 heterocycles. The molecule has 0 bridgehead atoms. The summed E-state index contributed by atoms with van der Waals surface area (Å²) in [5, 5.41) is 0. The summed E-state index contributed by atoms with van der Waals surface area (Å²) in [6.07, 6.45) is 0. The van der Waals surface area contributed by atoms with E-state index in [2.05, 4.69) is 233 Å². The highest BCUT2D eigenvalue weighted by Crippen LogP contribution is 2.56. The Hall–Kier alpha value is -6.45. The second-order valence-electron chi connectivity index (χ2n) is 20.3. The third kappa shape index (κ3) is 7.38. The van der Waals surface area contributed by atoms with E-state index in [-0.39, 0.29) is 16.2 Å². The van der Waals surface area contributed by atoms with Crippen LogP contribution in [0.15, 0.2) is 164 Å². The van der Waals surface area contributed by atoms with E-state index >= 15 is 0 Å². The quantitative estimate of drug-likeness (QED) is 0.168. The van der Waals surface area contributed by atoms with E-state index < -0.39 is 5.41 Å². The summed E-state index contributed by atoms with van der Waals surface area (Å²) in [6, 6.07) is 60.4. The van der Waals surface area contributed by atoms with E-state index in [4.69, 9.17) is 15.0 Å². The molecule has 0 radical (unpaired) electrons. The van der Waals surface area contributed by atoms with Crippen LogP contribution in [0.25, 0.3) is 56.4 Å². The van der Waals surface area contributed by atoms with Crippen molar-refractivity contribution >= 4 is 0 Å². The molecule has 1 aromatic heterocycles. The fourth-order valence-corrected chi connectivity index (χ4v) is 9.09. The lowest BCUT2D eigenvalue weighted by Gasteiger charge is -2.34. The third-order valence-electron chi connectivity index (χ3n) is 12.8. The molecule has 0 spiro atoms. The smallest absolute Gasteiger partial charge is 0.164 e. The molecule has 0 unspecified atom stereocenters. The summed E-state index contributed by atoms with van der Waals surface area (Å²) in [4.78, 5) is 15.8. The number of hydrogen-bond donors (Lipinski definition) is 0. The van der Waals surface area contributed by atoms with E-state index in [9.17, 15) is 0 Å². The van der Waals surface area contributed by atoms with E-state index in [1.165, 1.54) is 55.6 Å². The van der Waals surface area contributed by atoms with Crippen LogP contribution in [-0.2, 0) is 21.7 Å². The van der Waals surface area contributed by atoms with Crippen molar-refractivity contribution < 1.29 is 0 Å². The van der Waals surface area contributed by atoms with Crippen molar-refractivity contribution in [1.82, 2.24) is 15.0 Å². The highest BCUT2D eigenvalue weighted by molar-refractivity contribution is 5.86. The first-order valence-electron chi connectivity index (χ1n) is 22.0. The minimum atomic E-state index is -0.444. The molecule has 3 nitrogen and oxygen atoms in total. The van der Waals surface area contributed by atoms with Crippen LogP contribution in [0.1, 0.15) is 107 Å². The third-order valence-corrected chi connectivity index (χ3v) is 12.8. The Bertz CT molecular complexity index is 2870. The number of benzene rings is 7.